The number of ether oxygens (including phenoxy) is 3. The summed E-state index contributed by atoms with van der Waals surface area (Å²) in [4.78, 5) is 0. The van der Waals surface area contributed by atoms with Crippen molar-refractivity contribution < 1.29 is 19.3 Å². The van der Waals surface area contributed by atoms with Crippen LogP contribution in [0.25, 0.3) is 0 Å². The van der Waals surface area contributed by atoms with Crippen LogP contribution in [-0.2, 0) is 14.2 Å². The van der Waals surface area contributed by atoms with Gasteiger partial charge in [-0.3, -0.25) is 0 Å². The third-order valence-electron chi connectivity index (χ3n) is 2.30. The molecule has 4 heteroatoms. The lowest BCUT2D eigenvalue weighted by molar-refractivity contribution is -0.251. The molecule has 0 fully saturated rings. The van der Waals surface area contributed by atoms with Gasteiger partial charge in [0, 0.05) is 6.61 Å². The van der Waals surface area contributed by atoms with Crippen molar-refractivity contribution >= 4 is 0 Å². The number of hydrogen-bond donors (Lipinski definition) is 1. The maximum Gasteiger partial charge on any atom is 0.160 e. The van der Waals surface area contributed by atoms with E-state index in [0.29, 0.717) is 6.61 Å². The Kier molecular flexibility index (Phi) is 10.9. The van der Waals surface area contributed by atoms with E-state index in [-0.39, 0.29) is 12.6 Å². The van der Waals surface area contributed by atoms with Gasteiger partial charge in [0.15, 0.2) is 12.6 Å². The molecule has 17 heavy (non-hydrogen) atoms. The molecule has 0 rings (SSSR count). The highest BCUT2D eigenvalue weighted by Crippen LogP contribution is 2.10. The fourth-order valence-electron chi connectivity index (χ4n) is 1.28. The van der Waals surface area contributed by atoms with Gasteiger partial charge in [-0.1, -0.05) is 27.2 Å². The first-order valence-corrected chi connectivity index (χ1v) is 6.70. The molecule has 104 valence electrons. The van der Waals surface area contributed by atoms with Crippen LogP contribution in [0.15, 0.2) is 0 Å². The summed E-state index contributed by atoms with van der Waals surface area (Å²) in [7, 11) is 0. The normalized spacial score (nSPS) is 16.8. The highest BCUT2D eigenvalue weighted by atomic mass is 16.8. The fourth-order valence-corrected chi connectivity index (χ4v) is 1.28. The largest absolute Gasteiger partial charge is 0.391 e. The summed E-state index contributed by atoms with van der Waals surface area (Å²) in [6, 6.07) is 0. The number of unbranched alkanes of at least 4 members (excludes halogenated alkanes) is 1. The van der Waals surface area contributed by atoms with Crippen LogP contribution in [0.3, 0.4) is 0 Å². The number of rotatable bonds is 11. The van der Waals surface area contributed by atoms with Crippen molar-refractivity contribution in [1.29, 1.82) is 0 Å². The summed E-state index contributed by atoms with van der Waals surface area (Å²) in [5.41, 5.74) is 0. The highest BCUT2D eigenvalue weighted by molar-refractivity contribution is 4.49. The van der Waals surface area contributed by atoms with E-state index < -0.39 is 6.10 Å². The van der Waals surface area contributed by atoms with Crippen LogP contribution >= 0.6 is 0 Å². The van der Waals surface area contributed by atoms with E-state index in [0.717, 1.165) is 32.3 Å². The molecule has 1 N–H and O–H groups in total. The predicted molar refractivity (Wildman–Crippen MR) is 67.7 cm³/mol. The number of hydrogen-bond acceptors (Lipinski definition) is 4. The highest BCUT2D eigenvalue weighted by Gasteiger charge is 2.15. The molecule has 0 saturated carbocycles. The van der Waals surface area contributed by atoms with Gasteiger partial charge in [0.2, 0.25) is 0 Å². The van der Waals surface area contributed by atoms with Crippen molar-refractivity contribution in [2.75, 3.05) is 13.2 Å². The SMILES string of the molecule is CCCCOC(CC)OC(CC)OCC(C)O. The fraction of sp³-hybridized carbons (Fsp3) is 1.00. The van der Waals surface area contributed by atoms with Crippen LogP contribution in [0, 0.1) is 0 Å². The Morgan fingerprint density at radius 2 is 1.59 bits per heavy atom. The zero-order valence-corrected chi connectivity index (χ0v) is 11.6. The number of aliphatic hydroxyl groups is 1. The van der Waals surface area contributed by atoms with Crippen molar-refractivity contribution in [3.8, 4) is 0 Å². The van der Waals surface area contributed by atoms with Gasteiger partial charge in [-0.15, -0.1) is 0 Å². The summed E-state index contributed by atoms with van der Waals surface area (Å²) in [6.45, 7) is 8.86. The first-order valence-electron chi connectivity index (χ1n) is 6.70. The van der Waals surface area contributed by atoms with Gasteiger partial charge < -0.3 is 19.3 Å². The summed E-state index contributed by atoms with van der Waals surface area (Å²) in [6.07, 6.45) is 2.75. The van der Waals surface area contributed by atoms with Crippen molar-refractivity contribution in [2.45, 2.75) is 72.1 Å². The quantitative estimate of drug-likeness (QED) is 0.451. The van der Waals surface area contributed by atoms with Crippen LogP contribution in [0.1, 0.15) is 53.4 Å². The van der Waals surface area contributed by atoms with Gasteiger partial charge in [0.25, 0.3) is 0 Å². The minimum absolute atomic E-state index is 0.208. The van der Waals surface area contributed by atoms with Crippen molar-refractivity contribution in [3.63, 3.8) is 0 Å². The minimum atomic E-state index is -0.464. The Bertz CT molecular complexity index is 161. The molecular weight excluding hydrogens is 220 g/mol. The Labute approximate surface area is 105 Å². The minimum Gasteiger partial charge on any atom is -0.391 e. The van der Waals surface area contributed by atoms with Crippen molar-refractivity contribution in [3.05, 3.63) is 0 Å². The molecule has 0 amide bonds. The molecule has 0 aliphatic heterocycles. The number of aliphatic hydroxyl groups excluding tert-OH is 1. The first kappa shape index (κ1) is 16.8. The van der Waals surface area contributed by atoms with E-state index >= 15 is 0 Å². The van der Waals surface area contributed by atoms with Gasteiger partial charge in [-0.2, -0.15) is 0 Å². The molecule has 0 spiro atoms. The first-order chi connectivity index (χ1) is 8.13. The molecule has 4 nitrogen and oxygen atoms in total. The van der Waals surface area contributed by atoms with Gasteiger partial charge >= 0.3 is 0 Å². The van der Waals surface area contributed by atoms with Gasteiger partial charge in [0.05, 0.1) is 12.7 Å². The second kappa shape index (κ2) is 11.0. The maximum absolute atomic E-state index is 9.15. The van der Waals surface area contributed by atoms with E-state index in [1.165, 1.54) is 0 Å². The second-order valence-electron chi connectivity index (χ2n) is 4.22. The third kappa shape index (κ3) is 9.53. The Morgan fingerprint density at radius 3 is 2.06 bits per heavy atom. The topological polar surface area (TPSA) is 47.9 Å². The summed E-state index contributed by atoms with van der Waals surface area (Å²) in [5.74, 6) is 0. The zero-order chi connectivity index (χ0) is 13.1. The molecule has 0 aromatic carbocycles. The van der Waals surface area contributed by atoms with Gasteiger partial charge in [-0.05, 0) is 26.2 Å². The smallest absolute Gasteiger partial charge is 0.160 e. The molecular formula is C13H28O4. The summed E-state index contributed by atoms with van der Waals surface area (Å²) in [5, 5.41) is 9.15. The molecule has 3 unspecified atom stereocenters. The third-order valence-corrected chi connectivity index (χ3v) is 2.30. The molecule has 0 aromatic rings. The summed E-state index contributed by atoms with van der Waals surface area (Å²) >= 11 is 0. The molecule has 0 aromatic heterocycles. The lowest BCUT2D eigenvalue weighted by atomic mass is 10.3. The van der Waals surface area contributed by atoms with Crippen molar-refractivity contribution in [1.82, 2.24) is 0 Å². The maximum atomic E-state index is 9.15. The van der Waals surface area contributed by atoms with Crippen LogP contribution < -0.4 is 0 Å². The Morgan fingerprint density at radius 1 is 1.00 bits per heavy atom. The molecule has 0 bridgehead atoms. The Hall–Kier alpha value is -0.160. The molecule has 0 radical (unpaired) electrons. The van der Waals surface area contributed by atoms with Crippen LogP contribution in [-0.4, -0.2) is 37.0 Å². The van der Waals surface area contributed by atoms with Gasteiger partial charge in [-0.25, -0.2) is 0 Å². The molecule has 0 heterocycles. The molecule has 0 aliphatic rings. The molecule has 3 atom stereocenters. The standard InChI is InChI=1S/C13H28O4/c1-5-8-9-15-12(6-2)17-13(7-3)16-10-11(4)14/h11-14H,5-10H2,1-4H3. The lowest BCUT2D eigenvalue weighted by Gasteiger charge is -2.24. The average molecular weight is 248 g/mol. The van der Waals surface area contributed by atoms with Crippen LogP contribution in [0.4, 0.5) is 0 Å². The van der Waals surface area contributed by atoms with E-state index in [1.807, 2.05) is 13.8 Å². The van der Waals surface area contributed by atoms with E-state index in [1.54, 1.807) is 6.92 Å². The predicted octanol–water partition coefficient (Wildman–Crippen LogP) is 2.69. The van der Waals surface area contributed by atoms with Crippen LogP contribution in [0.2, 0.25) is 0 Å². The second-order valence-corrected chi connectivity index (χ2v) is 4.22. The van der Waals surface area contributed by atoms with Crippen molar-refractivity contribution in [2.24, 2.45) is 0 Å². The lowest BCUT2D eigenvalue weighted by Crippen LogP contribution is -2.28. The van der Waals surface area contributed by atoms with E-state index in [9.17, 15) is 0 Å². The molecule has 0 aliphatic carbocycles. The van der Waals surface area contributed by atoms with E-state index in [4.69, 9.17) is 19.3 Å². The van der Waals surface area contributed by atoms with E-state index in [2.05, 4.69) is 6.92 Å². The zero-order valence-electron chi connectivity index (χ0n) is 11.6. The Balaban J connectivity index is 3.86. The van der Waals surface area contributed by atoms with Gasteiger partial charge in [0.1, 0.15) is 0 Å². The monoisotopic (exact) mass is 248 g/mol. The summed E-state index contributed by atoms with van der Waals surface area (Å²) < 4.78 is 16.7. The van der Waals surface area contributed by atoms with Crippen LogP contribution in [0.5, 0.6) is 0 Å². The molecule has 0 saturated heterocycles. The average Bonchev–Trinajstić information content (AvgIpc) is 2.32.